The van der Waals surface area contributed by atoms with Crippen LogP contribution in [-0.2, 0) is 4.79 Å². The lowest BCUT2D eigenvalue weighted by Crippen LogP contribution is -2.32. The fourth-order valence-electron chi connectivity index (χ4n) is 2.18. The van der Waals surface area contributed by atoms with E-state index in [0.29, 0.717) is 11.7 Å². The minimum absolute atomic E-state index is 0.0584. The van der Waals surface area contributed by atoms with E-state index in [9.17, 15) is 9.90 Å². The third kappa shape index (κ3) is 5.08. The van der Waals surface area contributed by atoms with Crippen molar-refractivity contribution in [2.24, 2.45) is 0 Å². The molecule has 0 radical (unpaired) electrons. The average molecular weight is 333 g/mol. The molecule has 1 unspecified atom stereocenters. The Morgan fingerprint density at radius 3 is 2.52 bits per heavy atom. The Morgan fingerprint density at radius 2 is 1.96 bits per heavy atom. The molecule has 1 atom stereocenters. The monoisotopic (exact) mass is 333 g/mol. The Balaban J connectivity index is 1.76. The summed E-state index contributed by atoms with van der Waals surface area (Å²) in [5.74, 6) is 0.889. The highest BCUT2D eigenvalue weighted by Crippen LogP contribution is 2.23. The van der Waals surface area contributed by atoms with E-state index in [4.69, 9.17) is 4.74 Å². The van der Waals surface area contributed by atoms with Gasteiger partial charge in [-0.15, -0.1) is 11.3 Å². The molecule has 2 N–H and O–H groups in total. The number of ether oxygens (including phenoxy) is 1. The van der Waals surface area contributed by atoms with Crippen molar-refractivity contribution in [1.29, 1.82) is 0 Å². The summed E-state index contributed by atoms with van der Waals surface area (Å²) >= 11 is 1.49. The van der Waals surface area contributed by atoms with Crippen LogP contribution in [0.1, 0.15) is 41.9 Å². The molecule has 0 aliphatic carbocycles. The Kier molecular flexibility index (Phi) is 6.19. The predicted molar refractivity (Wildman–Crippen MR) is 93.1 cm³/mol. The van der Waals surface area contributed by atoms with Gasteiger partial charge in [0.15, 0.2) is 6.61 Å². The molecule has 0 fully saturated rings. The Bertz CT molecular complexity index is 634. The van der Waals surface area contributed by atoms with Crippen molar-refractivity contribution in [3.8, 4) is 5.75 Å². The molecule has 0 aliphatic heterocycles. The van der Waals surface area contributed by atoms with Crippen molar-refractivity contribution in [3.63, 3.8) is 0 Å². The molecule has 124 valence electrons. The van der Waals surface area contributed by atoms with Gasteiger partial charge in [0.1, 0.15) is 11.9 Å². The molecule has 5 heteroatoms. The normalized spacial score (nSPS) is 12.2. The molecule has 1 amide bonds. The van der Waals surface area contributed by atoms with Crippen LogP contribution in [0.2, 0.25) is 0 Å². The number of aliphatic hydroxyl groups excluding tert-OH is 1. The summed E-state index contributed by atoms with van der Waals surface area (Å²) in [4.78, 5) is 12.7. The zero-order valence-electron chi connectivity index (χ0n) is 13.7. The van der Waals surface area contributed by atoms with Crippen LogP contribution in [0.15, 0.2) is 35.7 Å². The molecular formula is C18H23NO3S. The Morgan fingerprint density at radius 1 is 1.26 bits per heavy atom. The van der Waals surface area contributed by atoms with Crippen LogP contribution in [0.5, 0.6) is 5.75 Å². The molecular weight excluding hydrogens is 310 g/mol. The first-order valence-electron chi connectivity index (χ1n) is 7.69. The number of hydrogen-bond acceptors (Lipinski definition) is 4. The molecule has 1 aromatic carbocycles. The SMILES string of the molecule is Cc1ccsc1C(O)CNC(=O)COc1ccc(C(C)C)cc1. The van der Waals surface area contributed by atoms with E-state index in [-0.39, 0.29) is 19.1 Å². The maximum Gasteiger partial charge on any atom is 0.258 e. The number of hydrogen-bond donors (Lipinski definition) is 2. The highest BCUT2D eigenvalue weighted by atomic mass is 32.1. The number of nitrogens with one attached hydrogen (secondary N) is 1. The second-order valence-electron chi connectivity index (χ2n) is 5.80. The largest absolute Gasteiger partial charge is 0.484 e. The topological polar surface area (TPSA) is 58.6 Å². The van der Waals surface area contributed by atoms with E-state index in [2.05, 4.69) is 19.2 Å². The highest BCUT2D eigenvalue weighted by Gasteiger charge is 2.13. The molecule has 2 rings (SSSR count). The van der Waals surface area contributed by atoms with Crippen LogP contribution in [-0.4, -0.2) is 24.2 Å². The Hall–Kier alpha value is -1.85. The van der Waals surface area contributed by atoms with Crippen molar-refractivity contribution in [3.05, 3.63) is 51.7 Å². The number of aliphatic hydroxyl groups is 1. The second kappa shape index (κ2) is 8.13. The van der Waals surface area contributed by atoms with Gasteiger partial charge in [0, 0.05) is 11.4 Å². The van der Waals surface area contributed by atoms with Crippen molar-refractivity contribution in [1.82, 2.24) is 5.32 Å². The molecule has 4 nitrogen and oxygen atoms in total. The first kappa shape index (κ1) is 17.5. The fraction of sp³-hybridized carbons (Fsp3) is 0.389. The standard InChI is InChI=1S/C18H23NO3S/c1-12(2)14-4-6-15(7-5-14)22-11-17(21)19-10-16(20)18-13(3)8-9-23-18/h4-9,12,16,20H,10-11H2,1-3H3,(H,19,21). The van der Waals surface area contributed by atoms with Crippen LogP contribution in [0, 0.1) is 6.92 Å². The van der Waals surface area contributed by atoms with Gasteiger partial charge in [0.25, 0.3) is 5.91 Å². The van der Waals surface area contributed by atoms with E-state index >= 15 is 0 Å². The van der Waals surface area contributed by atoms with Gasteiger partial charge in [-0.2, -0.15) is 0 Å². The van der Waals surface area contributed by atoms with Crippen LogP contribution in [0.25, 0.3) is 0 Å². The van der Waals surface area contributed by atoms with Gasteiger partial charge in [-0.1, -0.05) is 26.0 Å². The predicted octanol–water partition coefficient (Wildman–Crippen LogP) is 3.41. The molecule has 2 aromatic rings. The van der Waals surface area contributed by atoms with E-state index in [1.165, 1.54) is 16.9 Å². The van der Waals surface area contributed by atoms with Crippen LogP contribution in [0.4, 0.5) is 0 Å². The number of aryl methyl sites for hydroxylation is 1. The molecule has 0 saturated carbocycles. The fourth-order valence-corrected chi connectivity index (χ4v) is 3.09. The van der Waals surface area contributed by atoms with Crippen molar-refractivity contribution >= 4 is 17.2 Å². The van der Waals surface area contributed by atoms with E-state index in [1.54, 1.807) is 0 Å². The van der Waals surface area contributed by atoms with Gasteiger partial charge < -0.3 is 15.2 Å². The summed E-state index contributed by atoms with van der Waals surface area (Å²) in [6.07, 6.45) is -0.677. The van der Waals surface area contributed by atoms with Gasteiger partial charge >= 0.3 is 0 Å². The summed E-state index contributed by atoms with van der Waals surface area (Å²) in [6.45, 7) is 6.33. The quantitative estimate of drug-likeness (QED) is 0.816. The maximum atomic E-state index is 11.8. The van der Waals surface area contributed by atoms with Crippen molar-refractivity contribution in [2.45, 2.75) is 32.8 Å². The molecule has 0 saturated heterocycles. The maximum absolute atomic E-state index is 11.8. The molecule has 0 spiro atoms. The van der Waals surface area contributed by atoms with Gasteiger partial charge in [-0.25, -0.2) is 0 Å². The number of benzene rings is 1. The summed E-state index contributed by atoms with van der Waals surface area (Å²) in [5, 5.41) is 14.7. The average Bonchev–Trinajstić information content (AvgIpc) is 2.97. The molecule has 23 heavy (non-hydrogen) atoms. The lowest BCUT2D eigenvalue weighted by atomic mass is 10.0. The number of rotatable bonds is 7. The first-order chi connectivity index (χ1) is 11.0. The zero-order chi connectivity index (χ0) is 16.8. The van der Waals surface area contributed by atoms with E-state index in [0.717, 1.165) is 10.4 Å². The van der Waals surface area contributed by atoms with E-state index in [1.807, 2.05) is 42.6 Å². The van der Waals surface area contributed by atoms with E-state index < -0.39 is 6.10 Å². The molecule has 0 bridgehead atoms. The third-order valence-corrected chi connectivity index (χ3v) is 4.73. The number of thiophene rings is 1. The first-order valence-corrected chi connectivity index (χ1v) is 8.57. The highest BCUT2D eigenvalue weighted by molar-refractivity contribution is 7.10. The molecule has 1 aromatic heterocycles. The van der Waals surface area contributed by atoms with Crippen molar-refractivity contribution < 1.29 is 14.6 Å². The summed E-state index contributed by atoms with van der Waals surface area (Å²) in [7, 11) is 0. The number of carbonyl (C=O) groups is 1. The number of amides is 1. The lowest BCUT2D eigenvalue weighted by molar-refractivity contribution is -0.123. The number of carbonyl (C=O) groups excluding carboxylic acids is 1. The third-order valence-electron chi connectivity index (χ3n) is 3.61. The van der Waals surface area contributed by atoms with Gasteiger partial charge in [0.2, 0.25) is 0 Å². The zero-order valence-corrected chi connectivity index (χ0v) is 14.5. The van der Waals surface area contributed by atoms with Crippen LogP contribution >= 0.6 is 11.3 Å². The van der Waals surface area contributed by atoms with Crippen LogP contribution in [0.3, 0.4) is 0 Å². The lowest BCUT2D eigenvalue weighted by Gasteiger charge is -2.12. The van der Waals surface area contributed by atoms with Crippen LogP contribution < -0.4 is 10.1 Å². The summed E-state index contributed by atoms with van der Waals surface area (Å²) in [6, 6.07) is 9.69. The van der Waals surface area contributed by atoms with Gasteiger partial charge in [0.05, 0.1) is 0 Å². The summed E-state index contributed by atoms with van der Waals surface area (Å²) < 4.78 is 5.46. The smallest absolute Gasteiger partial charge is 0.258 e. The van der Waals surface area contributed by atoms with Crippen molar-refractivity contribution in [2.75, 3.05) is 13.2 Å². The summed E-state index contributed by atoms with van der Waals surface area (Å²) in [5.41, 5.74) is 2.27. The van der Waals surface area contributed by atoms with Gasteiger partial charge in [-0.05, 0) is 47.5 Å². The second-order valence-corrected chi connectivity index (χ2v) is 6.75. The Labute approximate surface area is 141 Å². The van der Waals surface area contributed by atoms with Gasteiger partial charge in [-0.3, -0.25) is 4.79 Å². The molecule has 0 aliphatic rings. The minimum Gasteiger partial charge on any atom is -0.484 e. The molecule has 1 heterocycles. The minimum atomic E-state index is -0.677.